The summed E-state index contributed by atoms with van der Waals surface area (Å²) in [4.78, 5) is 40.0. The Morgan fingerprint density at radius 2 is 2.04 bits per heavy atom. The van der Waals surface area contributed by atoms with Crippen LogP contribution in [-0.2, 0) is 18.3 Å². The van der Waals surface area contributed by atoms with Crippen molar-refractivity contribution in [3.63, 3.8) is 0 Å². The summed E-state index contributed by atoms with van der Waals surface area (Å²) in [5.74, 6) is 0.826. The standard InChI is InChI=1S/C18H24N4O5/c1-12-3-4-13(27-12)9-15(23)19-11-18(26)5-7-22(8-6-18)16(24)14-10-21(2)17(25)20-14/h3-4,10,26H,5-9,11H2,1-2H3,(H,19,23)(H,20,25). The monoisotopic (exact) mass is 376 g/mol. The van der Waals surface area contributed by atoms with Gasteiger partial charge in [0.15, 0.2) is 0 Å². The average molecular weight is 376 g/mol. The van der Waals surface area contributed by atoms with Gasteiger partial charge < -0.3 is 29.3 Å². The number of rotatable bonds is 5. The Kier molecular flexibility index (Phi) is 5.22. The lowest BCUT2D eigenvalue weighted by Gasteiger charge is -2.38. The molecule has 0 atom stereocenters. The Balaban J connectivity index is 1.49. The van der Waals surface area contributed by atoms with Crippen LogP contribution in [0.5, 0.6) is 0 Å². The van der Waals surface area contributed by atoms with Crippen molar-refractivity contribution in [2.24, 2.45) is 7.05 Å². The number of aromatic amines is 1. The first kappa shape index (κ1) is 19.0. The van der Waals surface area contributed by atoms with E-state index in [0.717, 1.165) is 5.76 Å². The zero-order chi connectivity index (χ0) is 19.6. The first-order valence-corrected chi connectivity index (χ1v) is 8.85. The van der Waals surface area contributed by atoms with Crippen LogP contribution in [0, 0.1) is 6.92 Å². The summed E-state index contributed by atoms with van der Waals surface area (Å²) in [6, 6.07) is 3.55. The number of hydrogen-bond donors (Lipinski definition) is 3. The van der Waals surface area contributed by atoms with Crippen molar-refractivity contribution >= 4 is 11.8 Å². The molecule has 0 aliphatic carbocycles. The van der Waals surface area contributed by atoms with E-state index in [1.807, 2.05) is 6.92 Å². The molecule has 1 fully saturated rings. The normalized spacial score (nSPS) is 16.3. The third-order valence-electron chi connectivity index (χ3n) is 4.84. The molecule has 2 aromatic heterocycles. The molecule has 146 valence electrons. The average Bonchev–Trinajstić information content (AvgIpc) is 3.19. The molecule has 0 spiro atoms. The van der Waals surface area contributed by atoms with Gasteiger partial charge in [0.05, 0.1) is 12.0 Å². The van der Waals surface area contributed by atoms with Crippen LogP contribution in [0.15, 0.2) is 27.5 Å². The number of carbonyl (C=O) groups is 2. The summed E-state index contributed by atoms with van der Waals surface area (Å²) >= 11 is 0. The van der Waals surface area contributed by atoms with E-state index < -0.39 is 5.60 Å². The zero-order valence-electron chi connectivity index (χ0n) is 15.4. The van der Waals surface area contributed by atoms with Gasteiger partial charge in [-0.05, 0) is 31.9 Å². The molecule has 0 unspecified atom stereocenters. The zero-order valence-corrected chi connectivity index (χ0v) is 15.4. The second kappa shape index (κ2) is 7.43. The van der Waals surface area contributed by atoms with Gasteiger partial charge in [0.2, 0.25) is 5.91 Å². The maximum Gasteiger partial charge on any atom is 0.325 e. The number of piperidine rings is 1. The fraction of sp³-hybridized carbons (Fsp3) is 0.500. The highest BCUT2D eigenvalue weighted by Gasteiger charge is 2.34. The molecule has 0 saturated carbocycles. The highest BCUT2D eigenvalue weighted by Crippen LogP contribution is 2.22. The van der Waals surface area contributed by atoms with Crippen LogP contribution in [-0.4, -0.2) is 56.6 Å². The number of nitrogens with one attached hydrogen (secondary N) is 2. The van der Waals surface area contributed by atoms with Crippen molar-refractivity contribution in [3.8, 4) is 0 Å². The summed E-state index contributed by atoms with van der Waals surface area (Å²) in [6.45, 7) is 2.62. The molecule has 2 aromatic rings. The lowest BCUT2D eigenvalue weighted by Crippen LogP contribution is -2.52. The number of likely N-dealkylation sites (tertiary alicyclic amines) is 1. The van der Waals surface area contributed by atoms with E-state index in [1.54, 1.807) is 24.1 Å². The van der Waals surface area contributed by atoms with Gasteiger partial charge in [-0.15, -0.1) is 0 Å². The van der Waals surface area contributed by atoms with Crippen LogP contribution in [0.4, 0.5) is 0 Å². The number of furan rings is 1. The number of aromatic nitrogens is 2. The van der Waals surface area contributed by atoms with Crippen LogP contribution < -0.4 is 11.0 Å². The van der Waals surface area contributed by atoms with Crippen molar-refractivity contribution < 1.29 is 19.1 Å². The molecular weight excluding hydrogens is 352 g/mol. The van der Waals surface area contributed by atoms with Crippen molar-refractivity contribution in [2.75, 3.05) is 19.6 Å². The molecule has 0 aromatic carbocycles. The molecular formula is C18H24N4O5. The maximum absolute atomic E-state index is 12.4. The predicted molar refractivity (Wildman–Crippen MR) is 96.3 cm³/mol. The van der Waals surface area contributed by atoms with Crippen LogP contribution >= 0.6 is 0 Å². The largest absolute Gasteiger partial charge is 0.466 e. The summed E-state index contributed by atoms with van der Waals surface area (Å²) < 4.78 is 6.68. The van der Waals surface area contributed by atoms with E-state index in [4.69, 9.17) is 4.42 Å². The van der Waals surface area contributed by atoms with Crippen molar-refractivity contribution in [1.29, 1.82) is 0 Å². The van der Waals surface area contributed by atoms with Gasteiger partial charge in [-0.25, -0.2) is 4.79 Å². The van der Waals surface area contributed by atoms with Crippen molar-refractivity contribution in [3.05, 3.63) is 46.0 Å². The second-order valence-electron chi connectivity index (χ2n) is 7.07. The highest BCUT2D eigenvalue weighted by atomic mass is 16.3. The molecule has 2 amide bonds. The molecule has 3 rings (SSSR count). The number of aliphatic hydroxyl groups is 1. The minimum absolute atomic E-state index is 0.121. The minimum atomic E-state index is -1.06. The van der Waals surface area contributed by atoms with Crippen LogP contribution in [0.25, 0.3) is 0 Å². The van der Waals surface area contributed by atoms with Gasteiger partial charge in [0.25, 0.3) is 5.91 Å². The first-order valence-electron chi connectivity index (χ1n) is 8.85. The Bertz CT molecular complexity index is 886. The van der Waals surface area contributed by atoms with E-state index in [2.05, 4.69) is 10.3 Å². The Morgan fingerprint density at radius 1 is 1.33 bits per heavy atom. The molecule has 27 heavy (non-hydrogen) atoms. The SMILES string of the molecule is Cc1ccc(CC(=O)NCC2(O)CCN(C(=O)c3cn(C)c(=O)[nH]3)CC2)o1. The minimum Gasteiger partial charge on any atom is -0.466 e. The number of hydrogen-bond acceptors (Lipinski definition) is 5. The summed E-state index contributed by atoms with van der Waals surface area (Å²) in [5, 5.41) is 13.4. The van der Waals surface area contributed by atoms with Gasteiger partial charge in [-0.2, -0.15) is 0 Å². The van der Waals surface area contributed by atoms with Crippen molar-refractivity contribution in [2.45, 2.75) is 31.8 Å². The summed E-state index contributed by atoms with van der Waals surface area (Å²) in [7, 11) is 1.57. The van der Waals surface area contributed by atoms with Gasteiger partial charge in [0.1, 0.15) is 17.2 Å². The Morgan fingerprint density at radius 3 is 2.59 bits per heavy atom. The van der Waals surface area contributed by atoms with Crippen LogP contribution in [0.2, 0.25) is 0 Å². The van der Waals surface area contributed by atoms with E-state index in [1.165, 1.54) is 10.8 Å². The molecule has 0 bridgehead atoms. The van der Waals surface area contributed by atoms with E-state index in [0.29, 0.717) is 31.7 Å². The lowest BCUT2D eigenvalue weighted by molar-refractivity contribution is -0.122. The maximum atomic E-state index is 12.4. The summed E-state index contributed by atoms with van der Waals surface area (Å²) in [5.41, 5.74) is -1.17. The molecule has 1 saturated heterocycles. The number of imidazole rings is 1. The smallest absolute Gasteiger partial charge is 0.325 e. The second-order valence-corrected chi connectivity index (χ2v) is 7.07. The fourth-order valence-corrected chi connectivity index (χ4v) is 3.13. The fourth-order valence-electron chi connectivity index (χ4n) is 3.13. The summed E-state index contributed by atoms with van der Waals surface area (Å²) in [6.07, 6.45) is 2.27. The van der Waals surface area contributed by atoms with Crippen LogP contribution in [0.1, 0.15) is 34.9 Å². The highest BCUT2D eigenvalue weighted by molar-refractivity contribution is 5.92. The molecule has 0 radical (unpaired) electrons. The molecule has 9 nitrogen and oxygen atoms in total. The van der Waals surface area contributed by atoms with Gasteiger partial charge in [0, 0.05) is 32.9 Å². The van der Waals surface area contributed by atoms with Crippen LogP contribution in [0.3, 0.4) is 0 Å². The van der Waals surface area contributed by atoms with E-state index >= 15 is 0 Å². The topological polar surface area (TPSA) is 121 Å². The van der Waals surface area contributed by atoms with Gasteiger partial charge in [-0.1, -0.05) is 0 Å². The molecule has 3 heterocycles. The third kappa shape index (κ3) is 4.48. The van der Waals surface area contributed by atoms with Crippen molar-refractivity contribution in [1.82, 2.24) is 19.8 Å². The van der Waals surface area contributed by atoms with Gasteiger partial charge >= 0.3 is 5.69 Å². The number of carbonyl (C=O) groups excluding carboxylic acids is 2. The number of aryl methyl sites for hydroxylation is 2. The van der Waals surface area contributed by atoms with E-state index in [-0.39, 0.29) is 36.2 Å². The molecule has 1 aliphatic heterocycles. The molecule has 9 heteroatoms. The Hall–Kier alpha value is -2.81. The predicted octanol–water partition coefficient (Wildman–Crippen LogP) is -0.0592. The lowest BCUT2D eigenvalue weighted by atomic mass is 9.91. The number of nitrogens with zero attached hydrogens (tertiary/aromatic N) is 2. The first-order chi connectivity index (χ1) is 12.8. The molecule has 1 aliphatic rings. The molecule has 3 N–H and O–H groups in total. The number of amides is 2. The van der Waals surface area contributed by atoms with E-state index in [9.17, 15) is 19.5 Å². The number of H-pyrrole nitrogens is 1. The quantitative estimate of drug-likeness (QED) is 0.675. The Labute approximate surface area is 156 Å². The third-order valence-corrected chi connectivity index (χ3v) is 4.84. The van der Waals surface area contributed by atoms with Gasteiger partial charge in [-0.3, -0.25) is 9.59 Å².